The molecule has 0 unspecified atom stereocenters. The van der Waals surface area contributed by atoms with Crippen molar-refractivity contribution in [1.29, 1.82) is 0 Å². The number of aryl methyl sites for hydroxylation is 1. The molecule has 0 atom stereocenters. The van der Waals surface area contributed by atoms with Crippen molar-refractivity contribution in [2.75, 3.05) is 23.3 Å². The summed E-state index contributed by atoms with van der Waals surface area (Å²) in [6.45, 7) is 2.50. The maximum Gasteiger partial charge on any atom is 0.262 e. The number of ether oxygens (including phenoxy) is 2. The van der Waals surface area contributed by atoms with E-state index in [4.69, 9.17) is 13.9 Å². The van der Waals surface area contributed by atoms with Gasteiger partial charge in [-0.2, -0.15) is 0 Å². The molecule has 1 aromatic heterocycles. The number of carbonyl (C=O) groups is 1. The van der Waals surface area contributed by atoms with E-state index in [0.717, 1.165) is 0 Å². The maximum absolute atomic E-state index is 12.7. The Morgan fingerprint density at radius 2 is 1.62 bits per heavy atom. The van der Waals surface area contributed by atoms with Gasteiger partial charge in [-0.25, -0.2) is 8.42 Å². The molecule has 0 fully saturated rings. The summed E-state index contributed by atoms with van der Waals surface area (Å²) in [5, 5.41) is 2.73. The SMILES string of the molecule is Cc1occc1C(=O)Nc1ccc(NS(=O)(=O)c2ccc3c(c2)OCCO3)cc1. The summed E-state index contributed by atoms with van der Waals surface area (Å²) in [7, 11) is -3.81. The molecule has 8 nitrogen and oxygen atoms in total. The van der Waals surface area contributed by atoms with Crippen LogP contribution in [0.4, 0.5) is 11.4 Å². The van der Waals surface area contributed by atoms with Crippen LogP contribution in [0.5, 0.6) is 11.5 Å². The molecular weight excluding hydrogens is 396 g/mol. The molecule has 1 aliphatic rings. The van der Waals surface area contributed by atoms with Gasteiger partial charge < -0.3 is 19.2 Å². The molecule has 2 heterocycles. The Labute approximate surface area is 167 Å². The van der Waals surface area contributed by atoms with Crippen LogP contribution >= 0.6 is 0 Å². The van der Waals surface area contributed by atoms with Crippen molar-refractivity contribution >= 4 is 27.3 Å². The fourth-order valence-corrected chi connectivity index (χ4v) is 3.92. The fourth-order valence-electron chi connectivity index (χ4n) is 2.85. The predicted molar refractivity (Wildman–Crippen MR) is 106 cm³/mol. The zero-order valence-electron chi connectivity index (χ0n) is 15.5. The predicted octanol–water partition coefficient (Wildman–Crippen LogP) is 3.41. The van der Waals surface area contributed by atoms with Crippen LogP contribution in [0.2, 0.25) is 0 Å². The van der Waals surface area contributed by atoms with Gasteiger partial charge in [-0.15, -0.1) is 0 Å². The minimum Gasteiger partial charge on any atom is -0.486 e. The lowest BCUT2D eigenvalue weighted by Gasteiger charge is -2.19. The third-order valence-electron chi connectivity index (χ3n) is 4.32. The summed E-state index contributed by atoms with van der Waals surface area (Å²) in [6.07, 6.45) is 1.44. The summed E-state index contributed by atoms with van der Waals surface area (Å²) < 4.78 is 43.8. The van der Waals surface area contributed by atoms with Crippen molar-refractivity contribution in [1.82, 2.24) is 0 Å². The molecule has 0 saturated carbocycles. The molecule has 150 valence electrons. The van der Waals surface area contributed by atoms with Crippen molar-refractivity contribution in [3.05, 3.63) is 66.1 Å². The number of benzene rings is 2. The van der Waals surface area contributed by atoms with Crippen molar-refractivity contribution in [3.63, 3.8) is 0 Å². The van der Waals surface area contributed by atoms with Gasteiger partial charge in [-0.3, -0.25) is 9.52 Å². The van der Waals surface area contributed by atoms with E-state index in [1.165, 1.54) is 18.4 Å². The standard InChI is InChI=1S/C20H18N2O6S/c1-13-17(8-9-26-13)20(23)21-14-2-4-15(5-3-14)22-29(24,25)16-6-7-18-19(12-16)28-11-10-27-18/h2-9,12,22H,10-11H2,1H3,(H,21,23). The van der Waals surface area contributed by atoms with Gasteiger partial charge in [0.15, 0.2) is 11.5 Å². The minimum absolute atomic E-state index is 0.0644. The van der Waals surface area contributed by atoms with Crippen molar-refractivity contribution < 1.29 is 27.1 Å². The van der Waals surface area contributed by atoms with E-state index in [-0.39, 0.29) is 10.8 Å². The lowest BCUT2D eigenvalue weighted by Crippen LogP contribution is -2.17. The molecular formula is C20H18N2O6S. The smallest absolute Gasteiger partial charge is 0.262 e. The van der Waals surface area contributed by atoms with Gasteiger partial charge in [0.2, 0.25) is 0 Å². The summed E-state index contributed by atoms with van der Waals surface area (Å²) >= 11 is 0. The number of sulfonamides is 1. The molecule has 0 spiro atoms. The summed E-state index contributed by atoms with van der Waals surface area (Å²) in [4.78, 5) is 12.3. The van der Waals surface area contributed by atoms with Crippen LogP contribution in [0.25, 0.3) is 0 Å². The molecule has 0 bridgehead atoms. The molecule has 2 N–H and O–H groups in total. The van der Waals surface area contributed by atoms with E-state index in [1.807, 2.05) is 0 Å². The maximum atomic E-state index is 12.7. The van der Waals surface area contributed by atoms with Crippen LogP contribution in [-0.4, -0.2) is 27.5 Å². The number of amides is 1. The zero-order valence-corrected chi connectivity index (χ0v) is 16.3. The highest BCUT2D eigenvalue weighted by Gasteiger charge is 2.19. The van der Waals surface area contributed by atoms with Crippen LogP contribution in [-0.2, 0) is 10.0 Å². The number of hydrogen-bond donors (Lipinski definition) is 2. The van der Waals surface area contributed by atoms with Gasteiger partial charge in [0, 0.05) is 17.4 Å². The zero-order chi connectivity index (χ0) is 20.4. The highest BCUT2D eigenvalue weighted by atomic mass is 32.2. The van der Waals surface area contributed by atoms with Crippen LogP contribution in [0.3, 0.4) is 0 Å². The Balaban J connectivity index is 1.47. The molecule has 0 saturated heterocycles. The second-order valence-electron chi connectivity index (χ2n) is 6.33. The first-order chi connectivity index (χ1) is 13.9. The second kappa shape index (κ2) is 7.51. The number of rotatable bonds is 5. The van der Waals surface area contributed by atoms with E-state index in [1.54, 1.807) is 43.3 Å². The van der Waals surface area contributed by atoms with E-state index >= 15 is 0 Å². The van der Waals surface area contributed by atoms with Gasteiger partial charge in [-0.1, -0.05) is 0 Å². The molecule has 2 aromatic carbocycles. The Bertz CT molecular complexity index is 1150. The van der Waals surface area contributed by atoms with Crippen LogP contribution in [0.15, 0.2) is 64.1 Å². The van der Waals surface area contributed by atoms with Crippen molar-refractivity contribution in [2.45, 2.75) is 11.8 Å². The quantitative estimate of drug-likeness (QED) is 0.663. The third kappa shape index (κ3) is 4.04. The first-order valence-corrected chi connectivity index (χ1v) is 10.3. The Kier molecular flexibility index (Phi) is 4.89. The first-order valence-electron chi connectivity index (χ1n) is 8.80. The van der Waals surface area contributed by atoms with Crippen molar-refractivity contribution in [2.24, 2.45) is 0 Å². The van der Waals surface area contributed by atoms with Crippen LogP contribution in [0.1, 0.15) is 16.1 Å². The molecule has 1 aliphatic heterocycles. The summed E-state index contributed by atoms with van der Waals surface area (Å²) in [5.74, 6) is 1.13. The average Bonchev–Trinajstić information content (AvgIpc) is 3.15. The highest BCUT2D eigenvalue weighted by Crippen LogP contribution is 2.32. The Morgan fingerprint density at radius 1 is 0.931 bits per heavy atom. The van der Waals surface area contributed by atoms with E-state index < -0.39 is 10.0 Å². The minimum atomic E-state index is -3.81. The third-order valence-corrected chi connectivity index (χ3v) is 5.70. The molecule has 0 aliphatic carbocycles. The lowest BCUT2D eigenvalue weighted by atomic mass is 10.2. The number of anilines is 2. The number of fused-ring (bicyclic) bond motifs is 1. The number of hydrogen-bond acceptors (Lipinski definition) is 6. The topological polar surface area (TPSA) is 107 Å². The normalized spacial score (nSPS) is 13.0. The Morgan fingerprint density at radius 3 is 2.31 bits per heavy atom. The van der Waals surface area contributed by atoms with E-state index in [2.05, 4.69) is 10.0 Å². The molecule has 9 heteroatoms. The first kappa shape index (κ1) is 18.9. The van der Waals surface area contributed by atoms with Gasteiger partial charge in [0.05, 0.1) is 16.7 Å². The van der Waals surface area contributed by atoms with Gasteiger partial charge in [0.1, 0.15) is 19.0 Å². The lowest BCUT2D eigenvalue weighted by molar-refractivity contribution is 0.102. The van der Waals surface area contributed by atoms with Crippen molar-refractivity contribution in [3.8, 4) is 11.5 Å². The highest BCUT2D eigenvalue weighted by molar-refractivity contribution is 7.92. The van der Waals surface area contributed by atoms with E-state index in [9.17, 15) is 13.2 Å². The molecule has 3 aromatic rings. The molecule has 0 radical (unpaired) electrons. The monoisotopic (exact) mass is 414 g/mol. The largest absolute Gasteiger partial charge is 0.486 e. The van der Waals surface area contributed by atoms with Crippen LogP contribution < -0.4 is 19.5 Å². The number of carbonyl (C=O) groups excluding carboxylic acids is 1. The summed E-state index contributed by atoms with van der Waals surface area (Å²) in [6, 6.07) is 12.4. The molecule has 1 amide bonds. The molecule has 29 heavy (non-hydrogen) atoms. The van der Waals surface area contributed by atoms with Gasteiger partial charge in [0.25, 0.3) is 15.9 Å². The van der Waals surface area contributed by atoms with Gasteiger partial charge >= 0.3 is 0 Å². The van der Waals surface area contributed by atoms with Crippen LogP contribution in [0, 0.1) is 6.92 Å². The summed E-state index contributed by atoms with van der Waals surface area (Å²) in [5.41, 5.74) is 1.32. The molecule has 4 rings (SSSR count). The van der Waals surface area contributed by atoms with Gasteiger partial charge in [-0.05, 0) is 49.4 Å². The van der Waals surface area contributed by atoms with E-state index in [0.29, 0.717) is 47.4 Å². The second-order valence-corrected chi connectivity index (χ2v) is 8.02. The number of nitrogens with one attached hydrogen (secondary N) is 2. The average molecular weight is 414 g/mol. The number of furan rings is 1. The fraction of sp³-hybridized carbons (Fsp3) is 0.150. The Hall–Kier alpha value is -3.46.